The standard InChI is InChI=1S/C17H20N2OS/c1-3-12(2)19-16(14-9-10-21-11-14)18-15(17(19)20)13-7-5-4-6-8-13/h4-12,15-16,18H,3H2,1-2H3. The van der Waals surface area contributed by atoms with Crippen molar-refractivity contribution in [1.29, 1.82) is 0 Å². The quantitative estimate of drug-likeness (QED) is 0.933. The van der Waals surface area contributed by atoms with Gasteiger partial charge in [-0.05, 0) is 41.3 Å². The molecule has 110 valence electrons. The first-order valence-corrected chi connectivity index (χ1v) is 8.32. The molecule has 3 rings (SSSR count). The Morgan fingerprint density at radius 3 is 2.62 bits per heavy atom. The summed E-state index contributed by atoms with van der Waals surface area (Å²) in [4.78, 5) is 14.9. The van der Waals surface area contributed by atoms with E-state index in [9.17, 15) is 4.79 Å². The van der Waals surface area contributed by atoms with E-state index in [1.807, 2.05) is 35.2 Å². The molecule has 2 heterocycles. The topological polar surface area (TPSA) is 32.3 Å². The second-order valence-electron chi connectivity index (χ2n) is 5.47. The summed E-state index contributed by atoms with van der Waals surface area (Å²) in [5.41, 5.74) is 2.21. The van der Waals surface area contributed by atoms with Crippen LogP contribution in [0.4, 0.5) is 0 Å². The third-order valence-corrected chi connectivity index (χ3v) is 4.86. The molecule has 1 aromatic carbocycles. The maximum atomic E-state index is 12.9. The summed E-state index contributed by atoms with van der Waals surface area (Å²) in [6, 6.07) is 12.0. The summed E-state index contributed by atoms with van der Waals surface area (Å²) in [5, 5.41) is 7.69. The van der Waals surface area contributed by atoms with Crippen molar-refractivity contribution in [2.45, 2.75) is 38.5 Å². The summed E-state index contributed by atoms with van der Waals surface area (Å²) in [5.74, 6) is 0.173. The first-order chi connectivity index (χ1) is 10.2. The molecule has 0 radical (unpaired) electrons. The Morgan fingerprint density at radius 1 is 1.24 bits per heavy atom. The Hall–Kier alpha value is -1.65. The molecule has 1 aromatic heterocycles. The van der Waals surface area contributed by atoms with Crippen LogP contribution in [0.5, 0.6) is 0 Å². The van der Waals surface area contributed by atoms with Crippen LogP contribution in [0.2, 0.25) is 0 Å². The summed E-state index contributed by atoms with van der Waals surface area (Å²) in [7, 11) is 0. The van der Waals surface area contributed by atoms with Gasteiger partial charge in [-0.3, -0.25) is 10.1 Å². The molecule has 1 saturated heterocycles. The average Bonchev–Trinajstić information content (AvgIpc) is 3.15. The van der Waals surface area contributed by atoms with E-state index in [4.69, 9.17) is 0 Å². The van der Waals surface area contributed by atoms with Crippen LogP contribution in [0, 0.1) is 0 Å². The molecular weight excluding hydrogens is 280 g/mol. The summed E-state index contributed by atoms with van der Waals surface area (Å²) < 4.78 is 0. The number of carbonyl (C=O) groups is 1. The molecule has 21 heavy (non-hydrogen) atoms. The van der Waals surface area contributed by atoms with Crippen molar-refractivity contribution in [1.82, 2.24) is 10.2 Å². The van der Waals surface area contributed by atoms with Gasteiger partial charge in [0, 0.05) is 6.04 Å². The fourth-order valence-corrected chi connectivity index (χ4v) is 3.50. The van der Waals surface area contributed by atoms with E-state index in [1.54, 1.807) is 11.3 Å². The number of rotatable bonds is 4. The van der Waals surface area contributed by atoms with Crippen LogP contribution in [0.3, 0.4) is 0 Å². The molecule has 0 saturated carbocycles. The van der Waals surface area contributed by atoms with E-state index in [2.05, 4.69) is 36.0 Å². The number of carbonyl (C=O) groups excluding carboxylic acids is 1. The minimum absolute atomic E-state index is 0.0242. The minimum Gasteiger partial charge on any atom is -0.319 e. The van der Waals surface area contributed by atoms with Gasteiger partial charge in [-0.1, -0.05) is 37.3 Å². The normalized spacial score (nSPS) is 23.5. The lowest BCUT2D eigenvalue weighted by Gasteiger charge is -2.29. The number of hydrogen-bond donors (Lipinski definition) is 1. The summed E-state index contributed by atoms with van der Waals surface area (Å²) in [6.45, 7) is 4.24. The molecule has 0 spiro atoms. The van der Waals surface area contributed by atoms with Crippen molar-refractivity contribution in [2.75, 3.05) is 0 Å². The van der Waals surface area contributed by atoms with Crippen molar-refractivity contribution in [3.8, 4) is 0 Å². The maximum absolute atomic E-state index is 12.9. The third kappa shape index (κ3) is 2.61. The van der Waals surface area contributed by atoms with E-state index in [1.165, 1.54) is 5.56 Å². The minimum atomic E-state index is -0.245. The van der Waals surface area contributed by atoms with Gasteiger partial charge >= 0.3 is 0 Å². The Kier molecular flexibility index (Phi) is 4.08. The molecular formula is C17H20N2OS. The molecule has 1 aliphatic rings. The Bertz CT molecular complexity index is 597. The van der Waals surface area contributed by atoms with Gasteiger partial charge in [-0.15, -0.1) is 0 Å². The molecule has 1 fully saturated rings. The molecule has 3 atom stereocenters. The SMILES string of the molecule is CCC(C)N1C(=O)C(c2ccccc2)NC1c1ccsc1. The highest BCUT2D eigenvalue weighted by atomic mass is 32.1. The van der Waals surface area contributed by atoms with Crippen LogP contribution >= 0.6 is 11.3 Å². The van der Waals surface area contributed by atoms with Crippen LogP contribution < -0.4 is 5.32 Å². The predicted molar refractivity (Wildman–Crippen MR) is 86.0 cm³/mol. The van der Waals surface area contributed by atoms with Crippen LogP contribution in [0.25, 0.3) is 0 Å². The molecule has 1 amide bonds. The van der Waals surface area contributed by atoms with Gasteiger partial charge in [0.25, 0.3) is 0 Å². The van der Waals surface area contributed by atoms with Crippen LogP contribution in [-0.2, 0) is 4.79 Å². The predicted octanol–water partition coefficient (Wildman–Crippen LogP) is 3.72. The lowest BCUT2D eigenvalue weighted by Crippen LogP contribution is -2.37. The molecule has 3 nitrogen and oxygen atoms in total. The molecule has 1 N–H and O–H groups in total. The van der Waals surface area contributed by atoms with E-state index >= 15 is 0 Å². The van der Waals surface area contributed by atoms with E-state index in [0.29, 0.717) is 0 Å². The van der Waals surface area contributed by atoms with Crippen LogP contribution in [0.15, 0.2) is 47.2 Å². The fraction of sp³-hybridized carbons (Fsp3) is 0.353. The number of nitrogens with one attached hydrogen (secondary N) is 1. The molecule has 3 unspecified atom stereocenters. The van der Waals surface area contributed by atoms with Crippen molar-refractivity contribution in [2.24, 2.45) is 0 Å². The van der Waals surface area contributed by atoms with Crippen molar-refractivity contribution >= 4 is 17.2 Å². The van der Waals surface area contributed by atoms with E-state index < -0.39 is 0 Å². The van der Waals surface area contributed by atoms with Gasteiger partial charge in [0.05, 0.1) is 0 Å². The monoisotopic (exact) mass is 300 g/mol. The van der Waals surface area contributed by atoms with Crippen molar-refractivity contribution < 1.29 is 4.79 Å². The highest BCUT2D eigenvalue weighted by Crippen LogP contribution is 2.35. The average molecular weight is 300 g/mol. The number of amides is 1. The van der Waals surface area contributed by atoms with Crippen molar-refractivity contribution in [3.63, 3.8) is 0 Å². The number of thiophene rings is 1. The second-order valence-corrected chi connectivity index (χ2v) is 6.25. The highest BCUT2D eigenvalue weighted by Gasteiger charge is 2.42. The molecule has 4 heteroatoms. The number of nitrogens with zero attached hydrogens (tertiary/aromatic N) is 1. The molecule has 0 bridgehead atoms. The van der Waals surface area contributed by atoms with Crippen LogP contribution in [-0.4, -0.2) is 16.8 Å². The Balaban J connectivity index is 1.95. The lowest BCUT2D eigenvalue weighted by molar-refractivity contribution is -0.132. The zero-order valence-electron chi connectivity index (χ0n) is 12.3. The largest absolute Gasteiger partial charge is 0.319 e. The molecule has 2 aromatic rings. The van der Waals surface area contributed by atoms with Gasteiger partial charge in [0.1, 0.15) is 12.2 Å². The maximum Gasteiger partial charge on any atom is 0.246 e. The molecule has 1 aliphatic heterocycles. The Morgan fingerprint density at radius 2 is 2.00 bits per heavy atom. The third-order valence-electron chi connectivity index (χ3n) is 4.16. The Labute approximate surface area is 129 Å². The second kappa shape index (κ2) is 6.00. The van der Waals surface area contributed by atoms with Gasteiger partial charge < -0.3 is 4.90 Å². The lowest BCUT2D eigenvalue weighted by atomic mass is 10.1. The van der Waals surface area contributed by atoms with Crippen molar-refractivity contribution in [3.05, 3.63) is 58.3 Å². The summed E-state index contributed by atoms with van der Waals surface area (Å²) in [6.07, 6.45) is 0.930. The fourth-order valence-electron chi connectivity index (χ4n) is 2.83. The number of hydrogen-bond acceptors (Lipinski definition) is 3. The smallest absolute Gasteiger partial charge is 0.246 e. The first kappa shape index (κ1) is 14.3. The number of benzene rings is 1. The van der Waals surface area contributed by atoms with E-state index in [-0.39, 0.29) is 24.2 Å². The van der Waals surface area contributed by atoms with Gasteiger partial charge in [0.15, 0.2) is 0 Å². The zero-order valence-corrected chi connectivity index (χ0v) is 13.1. The highest BCUT2D eigenvalue weighted by molar-refractivity contribution is 7.07. The van der Waals surface area contributed by atoms with Gasteiger partial charge in [-0.25, -0.2) is 0 Å². The van der Waals surface area contributed by atoms with Crippen LogP contribution in [0.1, 0.15) is 43.6 Å². The molecule has 0 aliphatic carbocycles. The van der Waals surface area contributed by atoms with Gasteiger partial charge in [0.2, 0.25) is 5.91 Å². The van der Waals surface area contributed by atoms with E-state index in [0.717, 1.165) is 12.0 Å². The van der Waals surface area contributed by atoms with Gasteiger partial charge in [-0.2, -0.15) is 11.3 Å². The summed E-state index contributed by atoms with van der Waals surface area (Å²) >= 11 is 1.67. The zero-order chi connectivity index (χ0) is 14.8. The first-order valence-electron chi connectivity index (χ1n) is 7.37.